The number of hydrogen-bond acceptors (Lipinski definition) is 3. The highest BCUT2D eigenvalue weighted by molar-refractivity contribution is 5.88. The highest BCUT2D eigenvalue weighted by Gasteiger charge is 2.23. The molecule has 0 radical (unpaired) electrons. The number of benzene rings is 2. The van der Waals surface area contributed by atoms with E-state index in [-0.39, 0.29) is 12.5 Å². The monoisotopic (exact) mass is 354 g/mol. The molecule has 0 spiro atoms. The van der Waals surface area contributed by atoms with Crippen LogP contribution >= 0.6 is 0 Å². The molecular weight excluding hydrogens is 332 g/mol. The molecule has 2 aromatic carbocycles. The van der Waals surface area contributed by atoms with Crippen molar-refractivity contribution in [2.24, 2.45) is 0 Å². The lowest BCUT2D eigenvalue weighted by atomic mass is 10.1. The maximum absolute atomic E-state index is 12.3. The molecule has 0 unspecified atom stereocenters. The maximum Gasteiger partial charge on any atom is 0.330 e. The second-order valence-corrected chi connectivity index (χ2v) is 5.93. The first-order chi connectivity index (χ1) is 12.5. The van der Waals surface area contributed by atoms with Gasteiger partial charge in [-0.2, -0.15) is 0 Å². The normalized spacial score (nSPS) is 11.4. The van der Waals surface area contributed by atoms with E-state index in [0.717, 1.165) is 5.56 Å². The van der Waals surface area contributed by atoms with Crippen molar-refractivity contribution in [2.45, 2.75) is 19.4 Å². The number of carboxylic acids is 1. The van der Waals surface area contributed by atoms with E-state index in [1.165, 1.54) is 11.8 Å². The standard InChI is InChI=1S/C20H22N2O4/c1-15(23)22(13-12-16-8-4-2-5-9-16)14-18(24)21-19(20(25)26)17-10-6-3-7-11-17/h2-11,19H,12-14H2,1H3,(H,21,24)(H,25,26)/t19-/m0/s1. The third-order valence-corrected chi connectivity index (χ3v) is 3.98. The van der Waals surface area contributed by atoms with Crippen LogP contribution in [0.3, 0.4) is 0 Å². The Morgan fingerprint density at radius 3 is 2.12 bits per heavy atom. The number of carbonyl (C=O) groups is 3. The fourth-order valence-corrected chi connectivity index (χ4v) is 2.57. The Bertz CT molecular complexity index is 747. The van der Waals surface area contributed by atoms with Crippen LogP contribution in [-0.4, -0.2) is 40.9 Å². The van der Waals surface area contributed by atoms with Crippen LogP contribution in [0.15, 0.2) is 60.7 Å². The van der Waals surface area contributed by atoms with Gasteiger partial charge in [0.25, 0.3) is 0 Å². The number of carboxylic acid groups (broad SMARTS) is 1. The Balaban J connectivity index is 1.97. The third kappa shape index (κ3) is 5.73. The van der Waals surface area contributed by atoms with Gasteiger partial charge in [-0.05, 0) is 17.5 Å². The molecule has 6 nitrogen and oxygen atoms in total. The molecule has 0 fully saturated rings. The molecule has 0 saturated heterocycles. The summed E-state index contributed by atoms with van der Waals surface area (Å²) in [7, 11) is 0. The van der Waals surface area contributed by atoms with Gasteiger partial charge in [0.05, 0.1) is 6.54 Å². The van der Waals surface area contributed by atoms with Gasteiger partial charge in [-0.15, -0.1) is 0 Å². The summed E-state index contributed by atoms with van der Waals surface area (Å²) in [6.45, 7) is 1.60. The molecule has 0 saturated carbocycles. The van der Waals surface area contributed by atoms with Crippen molar-refractivity contribution in [3.63, 3.8) is 0 Å². The summed E-state index contributed by atoms with van der Waals surface area (Å²) < 4.78 is 0. The van der Waals surface area contributed by atoms with Crippen LogP contribution < -0.4 is 5.32 Å². The Hall–Kier alpha value is -3.15. The molecule has 26 heavy (non-hydrogen) atoms. The van der Waals surface area contributed by atoms with Crippen LogP contribution in [0.1, 0.15) is 24.1 Å². The zero-order valence-electron chi connectivity index (χ0n) is 14.6. The summed E-state index contributed by atoms with van der Waals surface area (Å²) >= 11 is 0. The van der Waals surface area contributed by atoms with Crippen LogP contribution in [0.5, 0.6) is 0 Å². The lowest BCUT2D eigenvalue weighted by molar-refractivity contribution is -0.142. The number of aliphatic carboxylic acids is 1. The number of rotatable bonds is 8. The largest absolute Gasteiger partial charge is 0.479 e. The predicted molar refractivity (Wildman–Crippen MR) is 97.4 cm³/mol. The minimum Gasteiger partial charge on any atom is -0.479 e. The Morgan fingerprint density at radius 1 is 1.00 bits per heavy atom. The molecule has 0 aliphatic carbocycles. The second kappa shape index (κ2) is 9.36. The summed E-state index contributed by atoms with van der Waals surface area (Å²) in [4.78, 5) is 37.0. The quantitative estimate of drug-likeness (QED) is 0.759. The minimum absolute atomic E-state index is 0.182. The molecule has 6 heteroatoms. The van der Waals surface area contributed by atoms with Crippen molar-refractivity contribution >= 4 is 17.8 Å². The highest BCUT2D eigenvalue weighted by atomic mass is 16.4. The van der Waals surface area contributed by atoms with Crippen molar-refractivity contribution in [3.8, 4) is 0 Å². The number of nitrogens with one attached hydrogen (secondary N) is 1. The molecule has 2 amide bonds. The van der Waals surface area contributed by atoms with Gasteiger partial charge < -0.3 is 15.3 Å². The molecular formula is C20H22N2O4. The van der Waals surface area contributed by atoms with Gasteiger partial charge in [-0.25, -0.2) is 4.79 Å². The fraction of sp³-hybridized carbons (Fsp3) is 0.250. The first-order valence-corrected chi connectivity index (χ1v) is 8.34. The Labute approximate surface area is 152 Å². The van der Waals surface area contributed by atoms with E-state index in [9.17, 15) is 19.5 Å². The van der Waals surface area contributed by atoms with E-state index in [2.05, 4.69) is 5.32 Å². The van der Waals surface area contributed by atoms with Crippen molar-refractivity contribution in [1.82, 2.24) is 10.2 Å². The molecule has 0 heterocycles. The lowest BCUT2D eigenvalue weighted by Gasteiger charge is -2.22. The smallest absolute Gasteiger partial charge is 0.330 e. The van der Waals surface area contributed by atoms with Crippen molar-refractivity contribution < 1.29 is 19.5 Å². The molecule has 1 atom stereocenters. The highest BCUT2D eigenvalue weighted by Crippen LogP contribution is 2.12. The Morgan fingerprint density at radius 2 is 1.58 bits per heavy atom. The average Bonchev–Trinajstić information content (AvgIpc) is 2.64. The van der Waals surface area contributed by atoms with Crippen LogP contribution in [0.25, 0.3) is 0 Å². The molecule has 2 rings (SSSR count). The maximum atomic E-state index is 12.3. The topological polar surface area (TPSA) is 86.7 Å². The van der Waals surface area contributed by atoms with E-state index in [1.54, 1.807) is 30.3 Å². The van der Waals surface area contributed by atoms with Gasteiger partial charge in [0.2, 0.25) is 11.8 Å². The van der Waals surface area contributed by atoms with Crippen LogP contribution in [0.2, 0.25) is 0 Å². The fourth-order valence-electron chi connectivity index (χ4n) is 2.57. The average molecular weight is 354 g/mol. The molecule has 0 aliphatic rings. The molecule has 0 bridgehead atoms. The zero-order valence-corrected chi connectivity index (χ0v) is 14.6. The van der Waals surface area contributed by atoms with Crippen molar-refractivity contribution in [3.05, 3.63) is 71.8 Å². The summed E-state index contributed by atoms with van der Waals surface area (Å²) in [5.74, 6) is -1.89. The number of carbonyl (C=O) groups excluding carboxylic acids is 2. The first kappa shape index (κ1) is 19.2. The van der Waals surface area contributed by atoms with Gasteiger partial charge in [0.1, 0.15) is 0 Å². The van der Waals surface area contributed by atoms with E-state index in [0.29, 0.717) is 18.5 Å². The van der Waals surface area contributed by atoms with Crippen LogP contribution in [0, 0.1) is 0 Å². The van der Waals surface area contributed by atoms with Gasteiger partial charge in [-0.1, -0.05) is 60.7 Å². The Kier molecular flexibility index (Phi) is 6.91. The summed E-state index contributed by atoms with van der Waals surface area (Å²) in [6, 6.07) is 17.0. The second-order valence-electron chi connectivity index (χ2n) is 5.93. The van der Waals surface area contributed by atoms with Crippen LogP contribution in [-0.2, 0) is 20.8 Å². The first-order valence-electron chi connectivity index (χ1n) is 8.34. The molecule has 0 aromatic heterocycles. The minimum atomic E-state index is -1.15. The van der Waals surface area contributed by atoms with E-state index < -0.39 is 17.9 Å². The zero-order chi connectivity index (χ0) is 18.9. The molecule has 0 aliphatic heterocycles. The number of amides is 2. The molecule has 2 N–H and O–H groups in total. The van der Waals surface area contributed by atoms with Gasteiger partial charge in [0, 0.05) is 13.5 Å². The summed E-state index contributed by atoms with van der Waals surface area (Å²) in [5.41, 5.74) is 1.54. The van der Waals surface area contributed by atoms with Gasteiger partial charge in [-0.3, -0.25) is 9.59 Å². The lowest BCUT2D eigenvalue weighted by Crippen LogP contribution is -2.43. The van der Waals surface area contributed by atoms with E-state index in [4.69, 9.17) is 0 Å². The molecule has 2 aromatic rings. The third-order valence-electron chi connectivity index (χ3n) is 3.98. The summed E-state index contributed by atoms with van der Waals surface area (Å²) in [6.07, 6.45) is 0.620. The predicted octanol–water partition coefficient (Wildman–Crippen LogP) is 2.02. The van der Waals surface area contributed by atoms with Gasteiger partial charge in [0.15, 0.2) is 6.04 Å². The summed E-state index contributed by atoms with van der Waals surface area (Å²) in [5, 5.41) is 11.9. The van der Waals surface area contributed by atoms with E-state index >= 15 is 0 Å². The number of nitrogens with zero attached hydrogens (tertiary/aromatic N) is 1. The van der Waals surface area contributed by atoms with Crippen molar-refractivity contribution in [2.75, 3.05) is 13.1 Å². The number of hydrogen-bond donors (Lipinski definition) is 2. The van der Waals surface area contributed by atoms with Gasteiger partial charge >= 0.3 is 5.97 Å². The van der Waals surface area contributed by atoms with E-state index in [1.807, 2.05) is 30.3 Å². The van der Waals surface area contributed by atoms with Crippen LogP contribution in [0.4, 0.5) is 0 Å². The van der Waals surface area contributed by atoms with Crippen molar-refractivity contribution in [1.29, 1.82) is 0 Å². The SMILES string of the molecule is CC(=O)N(CCc1ccccc1)CC(=O)N[C@H](C(=O)O)c1ccccc1. The molecule has 136 valence electrons.